The fourth-order valence-electron chi connectivity index (χ4n) is 0.944. The Balaban J connectivity index is 3.01. The molecular formula is C8H11NO2S. The molecule has 0 radical (unpaired) electrons. The molecule has 0 aliphatic rings. The van der Waals surface area contributed by atoms with Gasteiger partial charge in [-0.3, -0.25) is 0 Å². The molecule has 4 heteroatoms. The summed E-state index contributed by atoms with van der Waals surface area (Å²) in [5, 5.41) is 18.1. The predicted octanol–water partition coefficient (Wildman–Crippen LogP) is 0.673. The molecule has 66 valence electrons. The largest absolute Gasteiger partial charge is 0.508 e. The number of benzene rings is 1. The SMILES string of the molecule is NC(CO)c1ccc(S)cc1O. The van der Waals surface area contributed by atoms with Gasteiger partial charge in [-0.2, -0.15) is 0 Å². The standard InChI is InChI=1S/C8H11NO2S/c9-7(4-10)6-2-1-5(12)3-8(6)11/h1-3,7,10-12H,4,9H2. The van der Waals surface area contributed by atoms with Crippen LogP contribution in [0, 0.1) is 0 Å². The number of aromatic hydroxyl groups is 1. The predicted molar refractivity (Wildman–Crippen MR) is 49.4 cm³/mol. The van der Waals surface area contributed by atoms with Crippen molar-refractivity contribution in [1.82, 2.24) is 0 Å². The second kappa shape index (κ2) is 3.80. The summed E-state index contributed by atoms with van der Waals surface area (Å²) in [5.41, 5.74) is 6.05. The van der Waals surface area contributed by atoms with Gasteiger partial charge in [0.2, 0.25) is 0 Å². The van der Waals surface area contributed by atoms with E-state index in [4.69, 9.17) is 10.8 Å². The van der Waals surface area contributed by atoms with Crippen LogP contribution in [0.3, 0.4) is 0 Å². The second-order valence-corrected chi connectivity index (χ2v) is 3.05. The number of rotatable bonds is 2. The topological polar surface area (TPSA) is 66.5 Å². The number of phenols is 1. The molecule has 1 aromatic rings. The first-order chi connectivity index (χ1) is 5.65. The van der Waals surface area contributed by atoms with Crippen LogP contribution < -0.4 is 5.73 Å². The molecule has 1 atom stereocenters. The van der Waals surface area contributed by atoms with Crippen molar-refractivity contribution in [2.45, 2.75) is 10.9 Å². The monoisotopic (exact) mass is 185 g/mol. The Morgan fingerprint density at radius 1 is 1.50 bits per heavy atom. The van der Waals surface area contributed by atoms with Crippen LogP contribution in [0.4, 0.5) is 0 Å². The van der Waals surface area contributed by atoms with E-state index in [-0.39, 0.29) is 12.4 Å². The summed E-state index contributed by atoms with van der Waals surface area (Å²) < 4.78 is 0. The maximum absolute atomic E-state index is 9.35. The van der Waals surface area contributed by atoms with Gasteiger partial charge in [-0.15, -0.1) is 12.6 Å². The summed E-state index contributed by atoms with van der Waals surface area (Å²) in [5.74, 6) is 0.0732. The Bertz CT molecular complexity index is 278. The van der Waals surface area contributed by atoms with Crippen molar-refractivity contribution < 1.29 is 10.2 Å². The number of thiol groups is 1. The normalized spacial score (nSPS) is 12.9. The van der Waals surface area contributed by atoms with Gasteiger partial charge >= 0.3 is 0 Å². The number of aliphatic hydroxyl groups excluding tert-OH is 1. The summed E-state index contributed by atoms with van der Waals surface area (Å²) in [7, 11) is 0. The summed E-state index contributed by atoms with van der Waals surface area (Å²) in [4.78, 5) is 0.668. The molecule has 0 saturated heterocycles. The zero-order valence-electron chi connectivity index (χ0n) is 6.44. The van der Waals surface area contributed by atoms with Gasteiger partial charge in [0.15, 0.2) is 0 Å². The van der Waals surface area contributed by atoms with Gasteiger partial charge in [-0.05, 0) is 12.1 Å². The van der Waals surface area contributed by atoms with E-state index in [0.717, 1.165) is 0 Å². The summed E-state index contributed by atoms with van der Waals surface area (Å²) in [6.45, 7) is -0.181. The maximum Gasteiger partial charge on any atom is 0.121 e. The Morgan fingerprint density at radius 2 is 2.17 bits per heavy atom. The lowest BCUT2D eigenvalue weighted by molar-refractivity contribution is 0.265. The van der Waals surface area contributed by atoms with Gasteiger partial charge in [0.25, 0.3) is 0 Å². The number of hydrogen-bond donors (Lipinski definition) is 4. The molecule has 0 heterocycles. The molecule has 1 unspecified atom stereocenters. The molecule has 1 aromatic carbocycles. The first kappa shape index (κ1) is 9.38. The minimum Gasteiger partial charge on any atom is -0.508 e. The van der Waals surface area contributed by atoms with Crippen LogP contribution in [0.5, 0.6) is 5.75 Å². The lowest BCUT2D eigenvalue weighted by Gasteiger charge is -2.10. The van der Waals surface area contributed by atoms with Crippen molar-refractivity contribution in [2.24, 2.45) is 5.73 Å². The van der Waals surface area contributed by atoms with E-state index >= 15 is 0 Å². The fourth-order valence-corrected chi connectivity index (χ4v) is 1.14. The Kier molecular flexibility index (Phi) is 2.97. The zero-order chi connectivity index (χ0) is 9.14. The molecule has 0 amide bonds. The van der Waals surface area contributed by atoms with Crippen molar-refractivity contribution in [3.05, 3.63) is 23.8 Å². The first-order valence-electron chi connectivity index (χ1n) is 3.53. The van der Waals surface area contributed by atoms with Crippen molar-refractivity contribution in [3.63, 3.8) is 0 Å². The molecule has 0 fully saturated rings. The molecule has 1 rings (SSSR count). The number of nitrogens with two attached hydrogens (primary N) is 1. The minimum absolute atomic E-state index is 0.0732. The van der Waals surface area contributed by atoms with Gasteiger partial charge in [-0.1, -0.05) is 6.07 Å². The van der Waals surface area contributed by atoms with Crippen molar-refractivity contribution in [2.75, 3.05) is 6.61 Å². The molecule has 0 bridgehead atoms. The summed E-state index contributed by atoms with van der Waals surface area (Å²) in [6, 6.07) is 4.33. The third-order valence-corrected chi connectivity index (χ3v) is 1.89. The van der Waals surface area contributed by atoms with E-state index in [1.165, 1.54) is 6.07 Å². The maximum atomic E-state index is 9.35. The molecule has 12 heavy (non-hydrogen) atoms. The average molecular weight is 185 g/mol. The Hall–Kier alpha value is -0.710. The Morgan fingerprint density at radius 3 is 2.67 bits per heavy atom. The minimum atomic E-state index is -0.529. The number of aliphatic hydroxyl groups is 1. The number of phenolic OH excluding ortho intramolecular Hbond substituents is 1. The van der Waals surface area contributed by atoms with E-state index in [2.05, 4.69) is 12.6 Å². The van der Waals surface area contributed by atoms with Crippen LogP contribution in [0.25, 0.3) is 0 Å². The second-order valence-electron chi connectivity index (χ2n) is 2.53. The average Bonchev–Trinajstić information content (AvgIpc) is 2.03. The molecule has 4 N–H and O–H groups in total. The molecule has 0 aromatic heterocycles. The van der Waals surface area contributed by atoms with Crippen molar-refractivity contribution >= 4 is 12.6 Å². The van der Waals surface area contributed by atoms with Gasteiger partial charge in [0, 0.05) is 10.5 Å². The van der Waals surface area contributed by atoms with Crippen LogP contribution in [0.1, 0.15) is 11.6 Å². The molecular weight excluding hydrogens is 174 g/mol. The quantitative estimate of drug-likeness (QED) is 0.512. The van der Waals surface area contributed by atoms with Crippen molar-refractivity contribution in [3.8, 4) is 5.75 Å². The highest BCUT2D eigenvalue weighted by molar-refractivity contribution is 7.80. The van der Waals surface area contributed by atoms with E-state index in [1.807, 2.05) is 0 Å². The molecule has 0 aliphatic carbocycles. The number of hydrogen-bond acceptors (Lipinski definition) is 4. The van der Waals surface area contributed by atoms with E-state index in [1.54, 1.807) is 12.1 Å². The molecule has 0 aliphatic heterocycles. The smallest absolute Gasteiger partial charge is 0.121 e. The summed E-state index contributed by atoms with van der Waals surface area (Å²) >= 11 is 4.04. The van der Waals surface area contributed by atoms with Crippen LogP contribution >= 0.6 is 12.6 Å². The Labute approximate surface area is 76.2 Å². The molecule has 0 spiro atoms. The van der Waals surface area contributed by atoms with Gasteiger partial charge in [-0.25, -0.2) is 0 Å². The highest BCUT2D eigenvalue weighted by Gasteiger charge is 2.08. The lowest BCUT2D eigenvalue weighted by Crippen LogP contribution is -2.14. The van der Waals surface area contributed by atoms with E-state index < -0.39 is 6.04 Å². The van der Waals surface area contributed by atoms with Gasteiger partial charge in [0.1, 0.15) is 5.75 Å². The zero-order valence-corrected chi connectivity index (χ0v) is 7.33. The van der Waals surface area contributed by atoms with Gasteiger partial charge in [0.05, 0.1) is 12.6 Å². The third-order valence-electron chi connectivity index (χ3n) is 1.61. The van der Waals surface area contributed by atoms with Gasteiger partial charge < -0.3 is 15.9 Å². The molecule has 0 saturated carbocycles. The van der Waals surface area contributed by atoms with Crippen molar-refractivity contribution in [1.29, 1.82) is 0 Å². The summed E-state index contributed by atoms with van der Waals surface area (Å²) in [6.07, 6.45) is 0. The lowest BCUT2D eigenvalue weighted by atomic mass is 10.1. The van der Waals surface area contributed by atoms with Crippen LogP contribution in [-0.4, -0.2) is 16.8 Å². The van der Waals surface area contributed by atoms with Crippen LogP contribution in [0.2, 0.25) is 0 Å². The third kappa shape index (κ3) is 1.91. The van der Waals surface area contributed by atoms with Crippen LogP contribution in [0.15, 0.2) is 23.1 Å². The highest BCUT2D eigenvalue weighted by atomic mass is 32.1. The van der Waals surface area contributed by atoms with E-state index in [9.17, 15) is 5.11 Å². The first-order valence-corrected chi connectivity index (χ1v) is 3.98. The molecule has 3 nitrogen and oxygen atoms in total. The van der Waals surface area contributed by atoms with E-state index in [0.29, 0.717) is 10.5 Å². The highest BCUT2D eigenvalue weighted by Crippen LogP contribution is 2.24. The fraction of sp³-hybridized carbons (Fsp3) is 0.250. The van der Waals surface area contributed by atoms with Crippen LogP contribution in [-0.2, 0) is 0 Å².